The van der Waals surface area contributed by atoms with E-state index >= 15 is 0 Å². The maximum absolute atomic E-state index is 14.0. The fraction of sp³-hybridized carbons (Fsp3) is 0.765. The van der Waals surface area contributed by atoms with Crippen LogP contribution in [0.2, 0.25) is 0 Å². The Morgan fingerprint density at radius 2 is 2.05 bits per heavy atom. The van der Waals surface area contributed by atoms with Crippen molar-refractivity contribution < 1.29 is 8.78 Å². The van der Waals surface area contributed by atoms with Crippen LogP contribution in [0.1, 0.15) is 46.5 Å². The van der Waals surface area contributed by atoms with Crippen LogP contribution in [-0.4, -0.2) is 43.3 Å². The Kier molecular flexibility index (Phi) is 8.12. The molecule has 0 amide bonds. The van der Waals surface area contributed by atoms with Gasteiger partial charge in [-0.3, -0.25) is 4.90 Å². The fourth-order valence-corrected chi connectivity index (χ4v) is 2.62. The topological polar surface area (TPSA) is 15.3 Å². The molecule has 0 aliphatic heterocycles. The van der Waals surface area contributed by atoms with Crippen molar-refractivity contribution in [1.82, 2.24) is 10.2 Å². The summed E-state index contributed by atoms with van der Waals surface area (Å²) in [5, 5.41) is 3.42. The monoisotopic (exact) mass is 300 g/mol. The van der Waals surface area contributed by atoms with Gasteiger partial charge in [0, 0.05) is 26.1 Å². The minimum atomic E-state index is -1.55. The molecule has 0 spiro atoms. The van der Waals surface area contributed by atoms with E-state index < -0.39 is 5.67 Å². The summed E-state index contributed by atoms with van der Waals surface area (Å²) in [6.45, 7) is 10.1. The number of rotatable bonds is 10. The molecule has 0 aromatic carbocycles. The van der Waals surface area contributed by atoms with Crippen LogP contribution in [0.3, 0.4) is 0 Å². The van der Waals surface area contributed by atoms with Crippen LogP contribution in [0.25, 0.3) is 0 Å². The first-order valence-electron chi connectivity index (χ1n) is 8.16. The second-order valence-corrected chi connectivity index (χ2v) is 6.09. The van der Waals surface area contributed by atoms with E-state index in [1.807, 2.05) is 0 Å². The van der Waals surface area contributed by atoms with Gasteiger partial charge in [0.15, 0.2) is 0 Å². The molecule has 0 bridgehead atoms. The van der Waals surface area contributed by atoms with Crippen LogP contribution in [0.4, 0.5) is 8.78 Å². The smallest absolute Gasteiger partial charge is 0.133 e. The predicted molar refractivity (Wildman–Crippen MR) is 85.9 cm³/mol. The predicted octanol–water partition coefficient (Wildman–Crippen LogP) is 4.00. The Morgan fingerprint density at radius 3 is 2.67 bits per heavy atom. The average Bonchev–Trinajstić information content (AvgIpc) is 2.39. The molecular weight excluding hydrogens is 270 g/mol. The van der Waals surface area contributed by atoms with Crippen LogP contribution in [0.5, 0.6) is 0 Å². The van der Waals surface area contributed by atoms with E-state index in [2.05, 4.69) is 24.1 Å². The van der Waals surface area contributed by atoms with Gasteiger partial charge in [-0.1, -0.05) is 26.7 Å². The Bertz CT molecular complexity index is 362. The first kappa shape index (κ1) is 18.3. The zero-order chi connectivity index (χ0) is 15.7. The summed E-state index contributed by atoms with van der Waals surface area (Å²) in [6.07, 6.45) is 6.61. The summed E-state index contributed by atoms with van der Waals surface area (Å²) in [5.74, 6) is -0.355. The highest BCUT2D eigenvalue weighted by Crippen LogP contribution is 2.30. The molecule has 0 aromatic heterocycles. The van der Waals surface area contributed by atoms with Crippen molar-refractivity contribution >= 4 is 0 Å². The highest BCUT2D eigenvalue weighted by molar-refractivity contribution is 5.31. The summed E-state index contributed by atoms with van der Waals surface area (Å²) in [7, 11) is 0. The Hall–Kier alpha value is -0.740. The fourth-order valence-electron chi connectivity index (χ4n) is 2.62. The molecule has 0 radical (unpaired) electrons. The number of alkyl halides is 1. The lowest BCUT2D eigenvalue weighted by Crippen LogP contribution is -2.34. The van der Waals surface area contributed by atoms with Crippen LogP contribution >= 0.6 is 0 Å². The molecule has 0 fully saturated rings. The molecule has 1 rings (SSSR count). The highest BCUT2D eigenvalue weighted by Gasteiger charge is 2.27. The third-order valence-corrected chi connectivity index (χ3v) is 3.76. The van der Waals surface area contributed by atoms with E-state index in [1.165, 1.54) is 32.3 Å². The molecule has 0 saturated carbocycles. The van der Waals surface area contributed by atoms with Gasteiger partial charge in [-0.2, -0.15) is 0 Å². The van der Waals surface area contributed by atoms with Crippen molar-refractivity contribution in [3.63, 3.8) is 0 Å². The van der Waals surface area contributed by atoms with Gasteiger partial charge in [0.05, 0.1) is 0 Å². The molecule has 1 unspecified atom stereocenters. The lowest BCUT2D eigenvalue weighted by atomic mass is 9.94. The summed E-state index contributed by atoms with van der Waals surface area (Å²) in [6, 6.07) is 0. The zero-order valence-electron chi connectivity index (χ0n) is 13.7. The Labute approximate surface area is 128 Å². The van der Waals surface area contributed by atoms with Gasteiger partial charge in [0.2, 0.25) is 0 Å². The Morgan fingerprint density at radius 1 is 1.29 bits per heavy atom. The van der Waals surface area contributed by atoms with E-state index in [1.54, 1.807) is 6.08 Å². The molecule has 1 aliphatic carbocycles. The van der Waals surface area contributed by atoms with Crippen molar-refractivity contribution in [2.45, 2.75) is 52.1 Å². The lowest BCUT2D eigenvalue weighted by Gasteiger charge is -2.26. The van der Waals surface area contributed by atoms with E-state index in [0.717, 1.165) is 31.8 Å². The highest BCUT2D eigenvalue weighted by atomic mass is 19.1. The average molecular weight is 300 g/mol. The molecule has 1 N–H and O–H groups in total. The second-order valence-electron chi connectivity index (χ2n) is 6.09. The van der Waals surface area contributed by atoms with Crippen molar-refractivity contribution in [2.24, 2.45) is 0 Å². The maximum Gasteiger partial charge on any atom is 0.133 e. The lowest BCUT2D eigenvalue weighted by molar-refractivity contribution is 0.234. The van der Waals surface area contributed by atoms with Gasteiger partial charge in [0.25, 0.3) is 0 Å². The number of halogens is 2. The molecule has 2 nitrogen and oxygen atoms in total. The van der Waals surface area contributed by atoms with Crippen molar-refractivity contribution in [3.05, 3.63) is 23.6 Å². The van der Waals surface area contributed by atoms with Crippen LogP contribution in [0.15, 0.2) is 23.6 Å². The quantitative estimate of drug-likeness (QED) is 0.614. The van der Waals surface area contributed by atoms with Gasteiger partial charge < -0.3 is 5.32 Å². The molecule has 0 aromatic rings. The molecule has 21 heavy (non-hydrogen) atoms. The minimum absolute atomic E-state index is 0.137. The van der Waals surface area contributed by atoms with Crippen molar-refractivity contribution in [3.8, 4) is 0 Å². The first-order chi connectivity index (χ1) is 9.96. The molecule has 122 valence electrons. The normalized spacial score (nSPS) is 22.4. The number of unbranched alkanes of at least 4 members (excludes halogenated alkanes) is 2. The second kappa shape index (κ2) is 9.31. The van der Waals surface area contributed by atoms with E-state index in [-0.39, 0.29) is 12.2 Å². The number of hydrogen-bond donors (Lipinski definition) is 1. The number of nitrogens with zero attached hydrogens (tertiary/aromatic N) is 1. The van der Waals surface area contributed by atoms with Gasteiger partial charge >= 0.3 is 0 Å². The molecule has 4 heteroatoms. The largest absolute Gasteiger partial charge is 0.315 e. The van der Waals surface area contributed by atoms with Crippen molar-refractivity contribution in [1.29, 1.82) is 0 Å². The van der Waals surface area contributed by atoms with E-state index in [4.69, 9.17) is 0 Å². The number of allylic oxidation sites excluding steroid dienone is 2. The summed E-state index contributed by atoms with van der Waals surface area (Å²) in [4.78, 5) is 2.21. The third kappa shape index (κ3) is 7.72. The molecular formula is C17H30F2N2. The standard InChI is InChI=1S/C17H30F2N2/c1-4-6-7-8-20-9-10-21(5-2)14-15-11-16(18)13-17(3,19)12-15/h11-12,20H,4-10,13-14H2,1-3H3. The molecule has 1 aliphatic rings. The summed E-state index contributed by atoms with van der Waals surface area (Å²) in [5.41, 5.74) is -0.803. The van der Waals surface area contributed by atoms with Crippen LogP contribution < -0.4 is 5.32 Å². The van der Waals surface area contributed by atoms with Gasteiger partial charge in [0.1, 0.15) is 11.5 Å². The zero-order valence-corrected chi connectivity index (χ0v) is 13.7. The van der Waals surface area contributed by atoms with Gasteiger partial charge in [-0.25, -0.2) is 8.78 Å². The van der Waals surface area contributed by atoms with Crippen molar-refractivity contribution in [2.75, 3.05) is 32.7 Å². The summed E-state index contributed by atoms with van der Waals surface area (Å²) >= 11 is 0. The SMILES string of the molecule is CCCCCNCCN(CC)CC1=CC(C)(F)CC(F)=C1. The molecule has 0 saturated heterocycles. The summed E-state index contributed by atoms with van der Waals surface area (Å²) < 4.78 is 27.4. The first-order valence-corrected chi connectivity index (χ1v) is 8.16. The van der Waals surface area contributed by atoms with Gasteiger partial charge in [-0.15, -0.1) is 0 Å². The minimum Gasteiger partial charge on any atom is -0.315 e. The van der Waals surface area contributed by atoms with Crippen LogP contribution in [0, 0.1) is 0 Å². The maximum atomic E-state index is 14.0. The number of likely N-dealkylation sites (N-methyl/N-ethyl adjacent to an activating group) is 1. The van der Waals surface area contributed by atoms with Crippen LogP contribution in [-0.2, 0) is 0 Å². The molecule has 0 heterocycles. The number of nitrogens with one attached hydrogen (secondary N) is 1. The third-order valence-electron chi connectivity index (χ3n) is 3.76. The number of hydrogen-bond acceptors (Lipinski definition) is 2. The molecule has 1 atom stereocenters. The van der Waals surface area contributed by atoms with Gasteiger partial charge in [-0.05, 0) is 44.2 Å². The Balaban J connectivity index is 2.35. The van der Waals surface area contributed by atoms with E-state index in [0.29, 0.717) is 6.54 Å². The van der Waals surface area contributed by atoms with E-state index in [9.17, 15) is 8.78 Å².